The molecule has 10 rings (SSSR count). The lowest BCUT2D eigenvalue weighted by Gasteiger charge is -2.57. The number of benzene rings is 2. The topological polar surface area (TPSA) is 255 Å². The van der Waals surface area contributed by atoms with Crippen molar-refractivity contribution >= 4 is 22.8 Å². The van der Waals surface area contributed by atoms with Crippen LogP contribution in [0.15, 0.2) is 108 Å². The van der Waals surface area contributed by atoms with Crippen LogP contribution in [-0.2, 0) is 27.1 Å². The number of hydrogen-bond donors (Lipinski definition) is 10. The van der Waals surface area contributed by atoms with Crippen molar-refractivity contribution in [2.75, 3.05) is 26.7 Å². The first-order valence-corrected chi connectivity index (χ1v) is 25.8. The summed E-state index contributed by atoms with van der Waals surface area (Å²) in [4.78, 5) is 25.3. The molecule has 0 amide bonds. The maximum atomic E-state index is 12.6. The lowest BCUT2D eigenvalue weighted by Crippen LogP contribution is -2.74. The number of nitrogens with one attached hydrogen (secondary N) is 5. The van der Waals surface area contributed by atoms with Crippen LogP contribution in [0, 0.1) is 29.6 Å². The Kier molecular flexibility index (Phi) is 14.9. The van der Waals surface area contributed by atoms with Gasteiger partial charge in [-0.3, -0.25) is 20.1 Å². The number of carbonyl (C=O) groups is 1. The van der Waals surface area contributed by atoms with Gasteiger partial charge < -0.3 is 70.6 Å². The van der Waals surface area contributed by atoms with Gasteiger partial charge in [-0.05, 0) is 110 Å². The number of guanidine groups is 1. The van der Waals surface area contributed by atoms with Crippen LogP contribution in [0.5, 0.6) is 28.7 Å². The fourth-order valence-electron chi connectivity index (χ4n) is 11.7. The minimum Gasteiger partial charge on any atom is -0.504 e. The summed E-state index contributed by atoms with van der Waals surface area (Å²) in [6.07, 6.45) is 15.5. The average Bonchev–Trinajstić information content (AvgIpc) is 4.04. The molecular weight excluding hydrogens is 943 g/mol. The molecule has 18 nitrogen and oxygen atoms in total. The highest BCUT2D eigenvalue weighted by atomic mass is 16.6. The Labute approximate surface area is 430 Å². The Morgan fingerprint density at radius 1 is 1.11 bits per heavy atom. The lowest BCUT2D eigenvalue weighted by atomic mass is 9.62. The Morgan fingerprint density at radius 3 is 2.81 bits per heavy atom. The number of dihydropyridines is 1. The predicted molar refractivity (Wildman–Crippen MR) is 278 cm³/mol. The zero-order valence-electron chi connectivity index (χ0n) is 41.8. The lowest BCUT2D eigenvalue weighted by molar-refractivity contribution is -0.164. The van der Waals surface area contributed by atoms with E-state index in [0.717, 1.165) is 46.9 Å². The number of aromatic amines is 1. The van der Waals surface area contributed by atoms with Crippen molar-refractivity contribution in [3.05, 3.63) is 120 Å². The monoisotopic (exact) mass is 1010 g/mol. The molecule has 5 aliphatic rings. The second kappa shape index (κ2) is 22.0. The van der Waals surface area contributed by atoms with Gasteiger partial charge in [0.05, 0.1) is 47.5 Å². The van der Waals surface area contributed by atoms with Gasteiger partial charge in [-0.15, -0.1) is 5.92 Å². The number of allylic oxidation sites excluding steroid dienone is 2. The van der Waals surface area contributed by atoms with E-state index < -0.39 is 60.2 Å². The molecule has 0 unspecified atom stereocenters. The van der Waals surface area contributed by atoms with Crippen LogP contribution < -0.4 is 36.5 Å². The number of phenolic OH excluding ortho intramolecular Hbond substituents is 3. The molecule has 1 aliphatic carbocycles. The molecule has 1 saturated carbocycles. The number of fused-ring (bicyclic) bond motifs is 5. The fourth-order valence-corrected chi connectivity index (χ4v) is 11.7. The van der Waals surface area contributed by atoms with E-state index in [1.807, 2.05) is 48.8 Å². The third kappa shape index (κ3) is 11.0. The first-order valence-electron chi connectivity index (χ1n) is 25.8. The largest absolute Gasteiger partial charge is 0.504 e. The van der Waals surface area contributed by atoms with Crippen molar-refractivity contribution < 1.29 is 44.2 Å². The molecule has 2 bridgehead atoms. The number of aromatic hydroxyl groups is 3. The molecule has 2 aromatic carbocycles. The second-order valence-corrected chi connectivity index (χ2v) is 20.2. The molecule has 5 aromatic rings. The number of hydrogen-bond acceptors (Lipinski definition) is 14. The van der Waals surface area contributed by atoms with Crippen molar-refractivity contribution in [2.24, 2.45) is 28.5 Å². The Morgan fingerprint density at radius 2 is 2.00 bits per heavy atom. The normalized spacial score (nSPS) is 27.6. The van der Waals surface area contributed by atoms with Gasteiger partial charge in [-0.25, -0.2) is 0 Å². The van der Waals surface area contributed by atoms with Gasteiger partial charge >= 0.3 is 5.97 Å². The summed E-state index contributed by atoms with van der Waals surface area (Å²) >= 11 is 0. The van der Waals surface area contributed by atoms with Crippen LogP contribution in [0.25, 0.3) is 10.9 Å². The number of aromatic nitrogens is 3. The number of aliphatic imine (C=N–C) groups is 1. The number of pyridine rings is 1. The summed E-state index contributed by atoms with van der Waals surface area (Å²) in [5.74, 6) is 6.53. The highest BCUT2D eigenvalue weighted by Crippen LogP contribution is 2.49. The molecule has 2 saturated heterocycles. The molecule has 390 valence electrons. The summed E-state index contributed by atoms with van der Waals surface area (Å²) in [6.45, 7) is 2.81. The third-order valence-electron chi connectivity index (χ3n) is 15.2. The van der Waals surface area contributed by atoms with Crippen molar-refractivity contribution in [1.82, 2.24) is 35.8 Å². The molecule has 3 aromatic heterocycles. The second-order valence-electron chi connectivity index (χ2n) is 20.2. The Balaban J connectivity index is 0.998. The van der Waals surface area contributed by atoms with Gasteiger partial charge in [-0.2, -0.15) is 0 Å². The summed E-state index contributed by atoms with van der Waals surface area (Å²) in [7, 11) is 1.75. The minimum atomic E-state index is -1.02. The summed E-state index contributed by atoms with van der Waals surface area (Å²) in [5, 5.41) is 60.6. The van der Waals surface area contributed by atoms with Crippen molar-refractivity contribution in [2.45, 2.75) is 113 Å². The van der Waals surface area contributed by atoms with Gasteiger partial charge in [0.2, 0.25) is 5.75 Å². The Hall–Kier alpha value is -7.33. The van der Waals surface area contributed by atoms with Gasteiger partial charge in [0.15, 0.2) is 29.0 Å². The summed E-state index contributed by atoms with van der Waals surface area (Å²) in [6, 6.07) is 14.4. The van der Waals surface area contributed by atoms with Gasteiger partial charge in [0.25, 0.3) is 0 Å². The molecule has 18 heteroatoms. The highest BCUT2D eigenvalue weighted by molar-refractivity contribution is 5.83. The number of esters is 1. The first kappa shape index (κ1) is 50.2. The molecule has 0 radical (unpaired) electrons. The number of aliphatic hydroxyl groups excluding tert-OH is 1. The molecule has 10 atom stereocenters. The molecule has 1 spiro atoms. The average molecular weight is 1010 g/mol. The summed E-state index contributed by atoms with van der Waals surface area (Å²) in [5.41, 5.74) is 9.67. The fraction of sp³-hybridized carbons (Fsp3) is 0.446. The van der Waals surface area contributed by atoms with E-state index in [1.54, 1.807) is 31.6 Å². The minimum absolute atomic E-state index is 0.00143. The molecule has 4 aliphatic heterocycles. The van der Waals surface area contributed by atoms with Crippen LogP contribution in [0.3, 0.4) is 0 Å². The predicted octanol–water partition coefficient (Wildman–Crippen LogP) is 5.82. The third-order valence-corrected chi connectivity index (χ3v) is 15.2. The van der Waals surface area contributed by atoms with E-state index in [1.165, 1.54) is 13.0 Å². The van der Waals surface area contributed by atoms with Crippen molar-refractivity contribution in [1.29, 1.82) is 0 Å². The molecule has 11 N–H and O–H groups in total. The number of ether oxygens (including phenoxy) is 4. The number of phenols is 3. The molecule has 7 heterocycles. The van der Waals surface area contributed by atoms with Crippen LogP contribution in [0.2, 0.25) is 0 Å². The van der Waals surface area contributed by atoms with E-state index in [9.17, 15) is 25.2 Å². The first-order chi connectivity index (χ1) is 35.9. The zero-order chi connectivity index (χ0) is 51.3. The molecule has 3 fully saturated rings. The van der Waals surface area contributed by atoms with Crippen LogP contribution >= 0.6 is 0 Å². The van der Waals surface area contributed by atoms with E-state index in [0.29, 0.717) is 81.1 Å². The smallest absolute Gasteiger partial charge is 0.302 e. The summed E-state index contributed by atoms with van der Waals surface area (Å²) < 4.78 is 28.1. The van der Waals surface area contributed by atoms with E-state index >= 15 is 0 Å². The van der Waals surface area contributed by atoms with Crippen LogP contribution in [0.1, 0.15) is 87.3 Å². The maximum absolute atomic E-state index is 12.6. The number of rotatable bonds is 14. The Bertz CT molecular complexity index is 2930. The van der Waals surface area contributed by atoms with Crippen molar-refractivity contribution in [3.8, 4) is 40.6 Å². The number of aliphatic hydroxyl groups is 1. The van der Waals surface area contributed by atoms with E-state index in [2.05, 4.69) is 59.9 Å². The number of carbonyl (C=O) groups excluding carboxylic acids is 1. The van der Waals surface area contributed by atoms with E-state index in [-0.39, 0.29) is 35.5 Å². The van der Waals surface area contributed by atoms with Crippen LogP contribution in [-0.4, -0.2) is 104 Å². The van der Waals surface area contributed by atoms with Gasteiger partial charge in [-0.1, -0.05) is 24.1 Å². The quantitative estimate of drug-likeness (QED) is 0.0207. The van der Waals surface area contributed by atoms with Crippen molar-refractivity contribution in [3.63, 3.8) is 0 Å². The highest BCUT2D eigenvalue weighted by Gasteiger charge is 2.59. The van der Waals surface area contributed by atoms with Gasteiger partial charge in [0.1, 0.15) is 24.6 Å². The number of nitrogens with zero attached hydrogens (tertiary/aromatic N) is 3. The zero-order valence-corrected chi connectivity index (χ0v) is 41.8. The van der Waals surface area contributed by atoms with Crippen LogP contribution in [0.4, 0.5) is 0 Å². The number of nitrogens with two attached hydrogens (primary N) is 1. The molecule has 74 heavy (non-hydrogen) atoms. The number of H-pyrrole nitrogens is 1. The SMILES string of the molecule is CN[C@H](O)[C@H]1[C@@H](n2cc3cc[nH]c3c2)NC(=NCCCC2=CCNC(N)=C2)N[C@@]12CCC[C@@H]1Oc3cc(ccc3O)C[C@H]([C@H]3C[C@@H](OC(C)=O)C[C@@H](c4cc(O)c(O)c(OCCc5cccnc5)c4)O3)CC#C[C@H]12. The standard InChI is InChI=1S/C56H67N9O9/c1-33(66)72-40-28-46(74-47(29-40)39-26-44(68)52(69)49(27-39)71-22-16-35-8-5-18-59-30-35)37-9-3-10-41-45(73-48-24-36(23-37)12-13-43(48)67)11-4-17-56(41)51(54(70)58-2)53(65-31-38-15-21-60-42(38)32-65)63-55(64-56)62-19-6-7-34-14-20-61-50(57)25-34/h5,8,12-15,18,21,24-27,30-32,37,40-41,45-47,51,53-54,58,60-61,67-70H,4,6-7,9,11,16-17,19-20,22-23,28-29,57H2,1-2H3,(H2,62,63,64)/t37-,40-,41-,45+,46-,47+,51-,53-,54-,56-/m1/s1. The van der Waals surface area contributed by atoms with Gasteiger partial charge in [0, 0.05) is 88.0 Å². The van der Waals surface area contributed by atoms with E-state index in [4.69, 9.17) is 29.7 Å². The molecular formula is C56H67N9O9. The maximum Gasteiger partial charge on any atom is 0.302 e.